The number of rotatable bonds is 5. The molecule has 0 spiro atoms. The van der Waals surface area contributed by atoms with Crippen LogP contribution in [0.2, 0.25) is 0 Å². The molecule has 1 heterocycles. The van der Waals surface area contributed by atoms with Crippen molar-refractivity contribution < 1.29 is 9.90 Å². The van der Waals surface area contributed by atoms with E-state index >= 15 is 0 Å². The van der Waals surface area contributed by atoms with Gasteiger partial charge in [-0.3, -0.25) is 4.79 Å². The summed E-state index contributed by atoms with van der Waals surface area (Å²) in [5.74, 6) is 0.0170. The number of carboxylic acid groups (broad SMARTS) is 1. The molecule has 3 nitrogen and oxygen atoms in total. The maximum absolute atomic E-state index is 10.6. The highest BCUT2D eigenvalue weighted by molar-refractivity contribution is 9.10. The number of benzene rings is 1. The van der Waals surface area contributed by atoms with Gasteiger partial charge in [-0.2, -0.15) is 0 Å². The Morgan fingerprint density at radius 2 is 1.84 bits per heavy atom. The SMILES string of the molecule is O=C(O)Cc1ccc(CSc2ccc(Br)cn2)cc1. The second kappa shape index (κ2) is 6.73. The van der Waals surface area contributed by atoms with Crippen molar-refractivity contribution in [1.82, 2.24) is 4.98 Å². The zero-order chi connectivity index (χ0) is 13.7. The van der Waals surface area contributed by atoms with E-state index in [0.717, 1.165) is 26.4 Å². The molecule has 2 rings (SSSR count). The minimum absolute atomic E-state index is 0.0711. The van der Waals surface area contributed by atoms with Crippen LogP contribution in [-0.4, -0.2) is 16.1 Å². The minimum atomic E-state index is -0.804. The largest absolute Gasteiger partial charge is 0.481 e. The summed E-state index contributed by atoms with van der Waals surface area (Å²) in [4.78, 5) is 14.9. The lowest BCUT2D eigenvalue weighted by atomic mass is 10.1. The molecule has 0 bridgehead atoms. The summed E-state index contributed by atoms with van der Waals surface area (Å²) in [5, 5.41) is 9.66. The van der Waals surface area contributed by atoms with Crippen molar-refractivity contribution >= 4 is 33.7 Å². The number of hydrogen-bond acceptors (Lipinski definition) is 3. The summed E-state index contributed by atoms with van der Waals surface area (Å²) in [7, 11) is 0. The van der Waals surface area contributed by atoms with Gasteiger partial charge in [0, 0.05) is 16.4 Å². The number of carbonyl (C=O) groups is 1. The molecule has 0 radical (unpaired) electrons. The first-order chi connectivity index (χ1) is 9.13. The standard InChI is InChI=1S/C14H12BrNO2S/c15-12-5-6-13(16-8-12)19-9-11-3-1-10(2-4-11)7-14(17)18/h1-6,8H,7,9H2,(H,17,18). The van der Waals surface area contributed by atoms with E-state index < -0.39 is 5.97 Å². The van der Waals surface area contributed by atoms with Crippen LogP contribution >= 0.6 is 27.7 Å². The Balaban J connectivity index is 1.92. The molecule has 0 atom stereocenters. The van der Waals surface area contributed by atoms with Gasteiger partial charge in [-0.1, -0.05) is 24.3 Å². The third kappa shape index (κ3) is 4.69. The Morgan fingerprint density at radius 3 is 2.42 bits per heavy atom. The highest BCUT2D eigenvalue weighted by Gasteiger charge is 2.01. The molecule has 19 heavy (non-hydrogen) atoms. The fourth-order valence-corrected chi connectivity index (χ4v) is 2.57. The average molecular weight is 338 g/mol. The molecule has 1 aromatic heterocycles. The smallest absolute Gasteiger partial charge is 0.307 e. The Labute approximate surface area is 124 Å². The average Bonchev–Trinajstić information content (AvgIpc) is 2.39. The maximum atomic E-state index is 10.6. The molecule has 0 unspecified atom stereocenters. The van der Waals surface area contributed by atoms with Gasteiger partial charge in [-0.25, -0.2) is 4.98 Å². The van der Waals surface area contributed by atoms with Crippen molar-refractivity contribution in [2.45, 2.75) is 17.2 Å². The van der Waals surface area contributed by atoms with Crippen molar-refractivity contribution in [2.24, 2.45) is 0 Å². The van der Waals surface area contributed by atoms with Gasteiger partial charge < -0.3 is 5.11 Å². The van der Waals surface area contributed by atoms with Gasteiger partial charge in [-0.15, -0.1) is 11.8 Å². The molecule has 2 aromatic rings. The van der Waals surface area contributed by atoms with Crippen LogP contribution in [0.15, 0.2) is 52.1 Å². The summed E-state index contributed by atoms with van der Waals surface area (Å²) in [5.41, 5.74) is 1.98. The minimum Gasteiger partial charge on any atom is -0.481 e. The summed E-state index contributed by atoms with van der Waals surface area (Å²) >= 11 is 5.00. The second-order valence-corrected chi connectivity index (χ2v) is 5.90. The Hall–Kier alpha value is -1.33. The Bertz CT molecular complexity index is 555. The highest BCUT2D eigenvalue weighted by Crippen LogP contribution is 2.22. The summed E-state index contributed by atoms with van der Waals surface area (Å²) in [6.45, 7) is 0. The zero-order valence-electron chi connectivity index (χ0n) is 10.0. The molecule has 0 aliphatic rings. The summed E-state index contributed by atoms with van der Waals surface area (Å²) < 4.78 is 0.967. The number of hydrogen-bond donors (Lipinski definition) is 1. The second-order valence-electron chi connectivity index (χ2n) is 3.99. The molecule has 0 saturated heterocycles. The van der Waals surface area contributed by atoms with Gasteiger partial charge in [0.2, 0.25) is 0 Å². The van der Waals surface area contributed by atoms with Crippen molar-refractivity contribution in [3.8, 4) is 0 Å². The van der Waals surface area contributed by atoms with Crippen LogP contribution in [0.4, 0.5) is 0 Å². The third-order valence-electron chi connectivity index (χ3n) is 2.47. The summed E-state index contributed by atoms with van der Waals surface area (Å²) in [6, 6.07) is 11.6. The number of halogens is 1. The lowest BCUT2D eigenvalue weighted by Crippen LogP contribution is -1.99. The molecule has 1 aromatic carbocycles. The molecule has 0 aliphatic heterocycles. The van der Waals surface area contributed by atoms with Crippen molar-refractivity contribution in [1.29, 1.82) is 0 Å². The van der Waals surface area contributed by atoms with E-state index in [-0.39, 0.29) is 6.42 Å². The number of aromatic nitrogens is 1. The van der Waals surface area contributed by atoms with Crippen LogP contribution in [0.25, 0.3) is 0 Å². The van der Waals surface area contributed by atoms with Crippen molar-refractivity contribution in [3.05, 3.63) is 58.2 Å². The molecular weight excluding hydrogens is 326 g/mol. The number of carboxylic acids is 1. The van der Waals surface area contributed by atoms with Crippen LogP contribution in [0.1, 0.15) is 11.1 Å². The predicted molar refractivity (Wildman–Crippen MR) is 79.3 cm³/mol. The molecule has 1 N–H and O–H groups in total. The van der Waals surface area contributed by atoms with Crippen LogP contribution in [-0.2, 0) is 17.0 Å². The molecular formula is C14H12BrNO2S. The monoisotopic (exact) mass is 337 g/mol. The number of thioether (sulfide) groups is 1. The van der Waals surface area contributed by atoms with Gasteiger partial charge in [0.25, 0.3) is 0 Å². The van der Waals surface area contributed by atoms with Crippen LogP contribution in [0.3, 0.4) is 0 Å². The lowest BCUT2D eigenvalue weighted by Gasteiger charge is -2.03. The van der Waals surface area contributed by atoms with Gasteiger partial charge in [-0.05, 0) is 39.2 Å². The number of nitrogens with zero attached hydrogens (tertiary/aromatic N) is 1. The molecule has 5 heteroatoms. The fraction of sp³-hybridized carbons (Fsp3) is 0.143. The molecule has 0 aliphatic carbocycles. The topological polar surface area (TPSA) is 50.2 Å². The molecule has 0 saturated carbocycles. The van der Waals surface area contributed by atoms with E-state index in [1.165, 1.54) is 0 Å². The Kier molecular flexibility index (Phi) is 4.99. The fourth-order valence-electron chi connectivity index (χ4n) is 1.53. The molecule has 98 valence electrons. The quantitative estimate of drug-likeness (QED) is 0.844. The Morgan fingerprint density at radius 1 is 1.16 bits per heavy atom. The van der Waals surface area contributed by atoms with Gasteiger partial charge in [0.05, 0.1) is 11.4 Å². The van der Waals surface area contributed by atoms with E-state index in [1.807, 2.05) is 36.4 Å². The first-order valence-electron chi connectivity index (χ1n) is 5.67. The lowest BCUT2D eigenvalue weighted by molar-refractivity contribution is -0.136. The van der Waals surface area contributed by atoms with Crippen LogP contribution in [0.5, 0.6) is 0 Å². The van der Waals surface area contributed by atoms with E-state index in [4.69, 9.17) is 5.11 Å². The summed E-state index contributed by atoms with van der Waals surface area (Å²) in [6.07, 6.45) is 1.85. The van der Waals surface area contributed by atoms with Gasteiger partial charge in [0.1, 0.15) is 0 Å². The third-order valence-corrected chi connectivity index (χ3v) is 3.95. The zero-order valence-corrected chi connectivity index (χ0v) is 12.4. The molecule has 0 fully saturated rings. The van der Waals surface area contributed by atoms with Crippen molar-refractivity contribution in [2.75, 3.05) is 0 Å². The number of aliphatic carboxylic acids is 1. The van der Waals surface area contributed by atoms with Crippen molar-refractivity contribution in [3.63, 3.8) is 0 Å². The van der Waals surface area contributed by atoms with Gasteiger partial charge in [0.15, 0.2) is 0 Å². The normalized spacial score (nSPS) is 10.4. The van der Waals surface area contributed by atoms with Crippen LogP contribution in [0, 0.1) is 0 Å². The predicted octanol–water partition coefficient (Wildman–Crippen LogP) is 3.76. The molecule has 0 amide bonds. The van der Waals surface area contributed by atoms with E-state index in [1.54, 1.807) is 18.0 Å². The first-order valence-corrected chi connectivity index (χ1v) is 7.45. The van der Waals surface area contributed by atoms with E-state index in [0.29, 0.717) is 0 Å². The van der Waals surface area contributed by atoms with Crippen LogP contribution < -0.4 is 0 Å². The highest BCUT2D eigenvalue weighted by atomic mass is 79.9. The van der Waals surface area contributed by atoms with E-state index in [2.05, 4.69) is 20.9 Å². The van der Waals surface area contributed by atoms with Gasteiger partial charge >= 0.3 is 5.97 Å². The first kappa shape index (κ1) is 14.1. The maximum Gasteiger partial charge on any atom is 0.307 e. The number of pyridine rings is 1. The van der Waals surface area contributed by atoms with E-state index in [9.17, 15) is 4.79 Å².